The lowest BCUT2D eigenvalue weighted by Crippen LogP contribution is -2.05. The molecule has 0 aliphatic rings. The van der Waals surface area contributed by atoms with Crippen LogP contribution in [0.3, 0.4) is 0 Å². The molecule has 3 heterocycles. The number of hydrogen-bond donors (Lipinski definition) is 1. The summed E-state index contributed by atoms with van der Waals surface area (Å²) >= 11 is 3.38. The standard InChI is InChI=1S/C24H24N8S2/c1-4-33-23-20-21(24(29-28-23)34-5-2)32(15(3)25-20)14-16-10-6-7-11-17(16)18-12-8-9-13-19(18)22-26-30-31-27-22/h6-13H,4-5,14H2,1-3H3,(H,26,27,30,31). The zero-order valence-corrected chi connectivity index (χ0v) is 20.8. The molecule has 0 aliphatic carbocycles. The van der Waals surface area contributed by atoms with Gasteiger partial charge in [-0.3, -0.25) is 0 Å². The number of thioether (sulfide) groups is 2. The van der Waals surface area contributed by atoms with E-state index < -0.39 is 0 Å². The summed E-state index contributed by atoms with van der Waals surface area (Å²) in [6, 6.07) is 16.6. The van der Waals surface area contributed by atoms with Crippen LogP contribution in [0.2, 0.25) is 0 Å². The van der Waals surface area contributed by atoms with Gasteiger partial charge >= 0.3 is 0 Å². The summed E-state index contributed by atoms with van der Waals surface area (Å²) in [5.41, 5.74) is 6.28. The highest BCUT2D eigenvalue weighted by atomic mass is 32.2. The first-order valence-electron chi connectivity index (χ1n) is 11.1. The Morgan fingerprint density at radius 1 is 0.824 bits per heavy atom. The smallest absolute Gasteiger partial charge is 0.205 e. The number of aromatic amines is 1. The van der Waals surface area contributed by atoms with Crippen molar-refractivity contribution in [2.24, 2.45) is 0 Å². The Morgan fingerprint density at radius 3 is 2.24 bits per heavy atom. The third kappa shape index (κ3) is 4.19. The highest BCUT2D eigenvalue weighted by molar-refractivity contribution is 7.99. The van der Waals surface area contributed by atoms with Crippen molar-refractivity contribution in [3.05, 3.63) is 59.9 Å². The van der Waals surface area contributed by atoms with Gasteiger partial charge in [0.25, 0.3) is 0 Å². The van der Waals surface area contributed by atoms with Gasteiger partial charge in [0, 0.05) is 5.56 Å². The Morgan fingerprint density at radius 2 is 1.50 bits per heavy atom. The maximum absolute atomic E-state index is 4.93. The molecular formula is C24H24N8S2. The maximum atomic E-state index is 4.93. The van der Waals surface area contributed by atoms with Crippen molar-refractivity contribution in [1.82, 2.24) is 40.4 Å². The molecule has 0 amide bonds. The number of hydrogen-bond acceptors (Lipinski definition) is 8. The molecule has 3 aromatic heterocycles. The SMILES string of the molecule is CCSc1nnc(SCC)c2c1nc(C)n2Cc1ccccc1-c1ccccc1-c1nn[nH]n1. The first kappa shape index (κ1) is 22.5. The number of nitrogens with one attached hydrogen (secondary N) is 1. The van der Waals surface area contributed by atoms with Crippen LogP contribution < -0.4 is 0 Å². The number of aryl methyl sites for hydroxylation is 1. The Bertz CT molecular complexity index is 1430. The van der Waals surface area contributed by atoms with Crippen LogP contribution in [0.5, 0.6) is 0 Å². The first-order chi connectivity index (χ1) is 16.7. The van der Waals surface area contributed by atoms with Crippen LogP contribution in [0.25, 0.3) is 33.5 Å². The highest BCUT2D eigenvalue weighted by Gasteiger charge is 2.20. The summed E-state index contributed by atoms with van der Waals surface area (Å²) < 4.78 is 2.26. The second kappa shape index (κ2) is 9.94. The molecule has 8 nitrogen and oxygen atoms in total. The normalized spacial score (nSPS) is 11.4. The van der Waals surface area contributed by atoms with Gasteiger partial charge in [-0.1, -0.05) is 62.4 Å². The summed E-state index contributed by atoms with van der Waals surface area (Å²) in [4.78, 5) is 4.93. The predicted molar refractivity (Wildman–Crippen MR) is 137 cm³/mol. The summed E-state index contributed by atoms with van der Waals surface area (Å²) in [5, 5.41) is 25.6. The highest BCUT2D eigenvalue weighted by Crippen LogP contribution is 2.35. The lowest BCUT2D eigenvalue weighted by Gasteiger charge is -2.15. The lowest BCUT2D eigenvalue weighted by molar-refractivity contribution is 0.771. The zero-order chi connectivity index (χ0) is 23.5. The van der Waals surface area contributed by atoms with E-state index in [4.69, 9.17) is 4.98 Å². The monoisotopic (exact) mass is 488 g/mol. The van der Waals surface area contributed by atoms with Gasteiger partial charge in [0.15, 0.2) is 0 Å². The molecule has 172 valence electrons. The first-order valence-corrected chi connectivity index (χ1v) is 13.1. The Labute approximate surface area is 206 Å². The summed E-state index contributed by atoms with van der Waals surface area (Å²) in [5.74, 6) is 3.36. The second-order valence-electron chi connectivity index (χ2n) is 7.56. The Hall–Kier alpha value is -3.24. The molecule has 10 heteroatoms. The van der Waals surface area contributed by atoms with E-state index in [9.17, 15) is 0 Å². The van der Waals surface area contributed by atoms with E-state index in [2.05, 4.69) is 86.5 Å². The van der Waals surface area contributed by atoms with Crippen molar-refractivity contribution >= 4 is 34.6 Å². The third-order valence-corrected chi connectivity index (χ3v) is 7.18. The van der Waals surface area contributed by atoms with Crippen molar-refractivity contribution in [2.45, 2.75) is 37.4 Å². The summed E-state index contributed by atoms with van der Waals surface area (Å²) in [6.45, 7) is 6.97. The molecule has 0 fully saturated rings. The van der Waals surface area contributed by atoms with Gasteiger partial charge in [-0.2, -0.15) is 5.21 Å². The van der Waals surface area contributed by atoms with Crippen LogP contribution in [-0.2, 0) is 6.54 Å². The molecule has 0 radical (unpaired) electrons. The minimum Gasteiger partial charge on any atom is -0.321 e. The molecule has 0 aliphatic heterocycles. The second-order valence-corrected chi connectivity index (χ2v) is 10.1. The number of fused-ring (bicyclic) bond motifs is 1. The largest absolute Gasteiger partial charge is 0.321 e. The van der Waals surface area contributed by atoms with Crippen molar-refractivity contribution in [3.63, 3.8) is 0 Å². The molecule has 0 spiro atoms. The van der Waals surface area contributed by atoms with Crippen molar-refractivity contribution < 1.29 is 0 Å². The van der Waals surface area contributed by atoms with Crippen LogP contribution in [0, 0.1) is 6.92 Å². The summed E-state index contributed by atoms with van der Waals surface area (Å²) in [6.07, 6.45) is 0. The Balaban J connectivity index is 1.65. The molecule has 0 saturated heterocycles. The maximum Gasteiger partial charge on any atom is 0.205 e. The lowest BCUT2D eigenvalue weighted by atomic mass is 9.95. The molecular weight excluding hydrogens is 464 g/mol. The van der Waals surface area contributed by atoms with Gasteiger partial charge in [-0.05, 0) is 40.3 Å². The van der Waals surface area contributed by atoms with Crippen molar-refractivity contribution in [2.75, 3.05) is 11.5 Å². The fourth-order valence-electron chi connectivity index (χ4n) is 4.06. The fourth-order valence-corrected chi connectivity index (χ4v) is 5.42. The van der Waals surface area contributed by atoms with Crippen LogP contribution in [0.4, 0.5) is 0 Å². The number of benzene rings is 2. The number of tetrazole rings is 1. The summed E-state index contributed by atoms with van der Waals surface area (Å²) in [7, 11) is 0. The van der Waals surface area contributed by atoms with Crippen LogP contribution in [0.15, 0.2) is 58.6 Å². The minimum atomic E-state index is 0.577. The molecule has 5 rings (SSSR count). The molecule has 0 saturated carbocycles. The number of imidazole rings is 1. The van der Waals surface area contributed by atoms with E-state index in [1.807, 2.05) is 18.2 Å². The van der Waals surface area contributed by atoms with Crippen LogP contribution >= 0.6 is 23.5 Å². The van der Waals surface area contributed by atoms with Crippen molar-refractivity contribution in [1.29, 1.82) is 0 Å². The van der Waals surface area contributed by atoms with Crippen LogP contribution in [-0.4, -0.2) is 51.9 Å². The van der Waals surface area contributed by atoms with Gasteiger partial charge in [0.1, 0.15) is 26.9 Å². The quantitative estimate of drug-likeness (QED) is 0.296. The van der Waals surface area contributed by atoms with Gasteiger partial charge in [0.05, 0.1) is 6.54 Å². The van der Waals surface area contributed by atoms with Gasteiger partial charge < -0.3 is 4.57 Å². The van der Waals surface area contributed by atoms with Crippen molar-refractivity contribution in [3.8, 4) is 22.5 Å². The van der Waals surface area contributed by atoms with E-state index in [0.717, 1.165) is 55.1 Å². The van der Waals surface area contributed by atoms with E-state index in [1.165, 1.54) is 5.56 Å². The fraction of sp³-hybridized carbons (Fsp3) is 0.250. The van der Waals surface area contributed by atoms with E-state index in [0.29, 0.717) is 12.4 Å². The molecule has 34 heavy (non-hydrogen) atoms. The van der Waals surface area contributed by atoms with E-state index >= 15 is 0 Å². The van der Waals surface area contributed by atoms with Gasteiger partial charge in [-0.25, -0.2) is 4.98 Å². The molecule has 0 atom stereocenters. The van der Waals surface area contributed by atoms with Gasteiger partial charge in [0.2, 0.25) is 5.82 Å². The topological polar surface area (TPSA) is 98.1 Å². The number of aromatic nitrogens is 8. The molecule has 2 aromatic carbocycles. The van der Waals surface area contributed by atoms with Crippen LogP contribution in [0.1, 0.15) is 25.2 Å². The van der Waals surface area contributed by atoms with E-state index in [1.54, 1.807) is 23.5 Å². The molecule has 1 N–H and O–H groups in total. The average Bonchev–Trinajstić information content (AvgIpc) is 3.50. The molecule has 5 aromatic rings. The third-order valence-electron chi connectivity index (χ3n) is 5.51. The number of rotatable bonds is 8. The Kier molecular flexibility index (Phi) is 6.59. The molecule has 0 bridgehead atoms. The average molecular weight is 489 g/mol. The van der Waals surface area contributed by atoms with E-state index in [-0.39, 0.29) is 0 Å². The zero-order valence-electron chi connectivity index (χ0n) is 19.2. The minimum absolute atomic E-state index is 0.577. The van der Waals surface area contributed by atoms with Gasteiger partial charge in [-0.15, -0.1) is 43.9 Å². The number of nitrogens with zero attached hydrogens (tertiary/aromatic N) is 7. The molecule has 0 unspecified atom stereocenters. The predicted octanol–water partition coefficient (Wildman–Crippen LogP) is 5.25. The number of H-pyrrole nitrogens is 1.